The van der Waals surface area contributed by atoms with Crippen molar-refractivity contribution in [1.82, 2.24) is 14.7 Å². The number of aryl methyl sites for hydroxylation is 1. The van der Waals surface area contributed by atoms with Crippen molar-refractivity contribution >= 4 is 30.5 Å². The summed E-state index contributed by atoms with van der Waals surface area (Å²) in [7, 11) is 1.93. The van der Waals surface area contributed by atoms with Crippen LogP contribution in [0.25, 0.3) is 0 Å². The molecule has 1 aromatic carbocycles. The molecular weight excluding hydrogens is 335 g/mol. The first-order valence-electron chi connectivity index (χ1n) is 7.25. The topological polar surface area (TPSA) is 56.3 Å². The summed E-state index contributed by atoms with van der Waals surface area (Å²) >= 11 is 0. The summed E-state index contributed by atoms with van der Waals surface area (Å²) in [4.78, 5) is 2.41. The molecule has 7 heteroatoms. The highest BCUT2D eigenvalue weighted by atomic mass is 35.5. The Morgan fingerprint density at radius 2 is 2.13 bits per heavy atom. The Hall–Kier alpha value is -1.27. The van der Waals surface area contributed by atoms with Crippen LogP contribution >= 0.6 is 24.8 Å². The van der Waals surface area contributed by atoms with E-state index in [0.717, 1.165) is 37.5 Å². The van der Waals surface area contributed by atoms with Crippen LogP contribution in [0, 0.1) is 0 Å². The molecule has 0 amide bonds. The maximum atomic E-state index is 6.04. The Kier molecular flexibility index (Phi) is 6.89. The molecule has 0 saturated carbocycles. The van der Waals surface area contributed by atoms with Crippen LogP contribution in [0.1, 0.15) is 18.1 Å². The summed E-state index contributed by atoms with van der Waals surface area (Å²) in [6, 6.07) is 8.08. The van der Waals surface area contributed by atoms with E-state index < -0.39 is 0 Å². The molecule has 1 aromatic heterocycles. The highest BCUT2D eigenvalue weighted by Gasteiger charge is 2.34. The standard InChI is InChI=1S/C16H22N4O.2ClH/c1-16(14-9-18-19(2)11-14)12-20(6-7-21-16)10-13-4-3-5-15(17)8-13;;/h3-5,8-9,11H,6-7,10,12,17H2,1-2H3;2*1H. The zero-order valence-corrected chi connectivity index (χ0v) is 15.1. The van der Waals surface area contributed by atoms with E-state index >= 15 is 0 Å². The summed E-state index contributed by atoms with van der Waals surface area (Å²) in [5.74, 6) is 0. The van der Waals surface area contributed by atoms with Crippen LogP contribution in [0.4, 0.5) is 5.69 Å². The van der Waals surface area contributed by atoms with Crippen molar-refractivity contribution in [2.75, 3.05) is 25.4 Å². The fourth-order valence-electron chi connectivity index (χ4n) is 2.90. The van der Waals surface area contributed by atoms with E-state index in [9.17, 15) is 0 Å². The number of halogens is 2. The molecule has 0 radical (unpaired) electrons. The molecule has 1 unspecified atom stereocenters. The molecule has 2 N–H and O–H groups in total. The second kappa shape index (κ2) is 8.02. The number of nitrogens with zero attached hydrogens (tertiary/aromatic N) is 3. The van der Waals surface area contributed by atoms with Crippen molar-refractivity contribution in [2.24, 2.45) is 7.05 Å². The van der Waals surface area contributed by atoms with Crippen LogP contribution in [0.3, 0.4) is 0 Å². The smallest absolute Gasteiger partial charge is 0.106 e. The zero-order chi connectivity index (χ0) is 14.9. The Balaban J connectivity index is 0.00000132. The number of aromatic nitrogens is 2. The van der Waals surface area contributed by atoms with Crippen molar-refractivity contribution in [3.05, 3.63) is 47.8 Å². The van der Waals surface area contributed by atoms with Gasteiger partial charge in [0.2, 0.25) is 0 Å². The van der Waals surface area contributed by atoms with Gasteiger partial charge in [-0.15, -0.1) is 24.8 Å². The lowest BCUT2D eigenvalue weighted by Gasteiger charge is -2.40. The number of benzene rings is 1. The molecule has 1 aliphatic rings. The van der Waals surface area contributed by atoms with Crippen LogP contribution < -0.4 is 5.73 Å². The number of hydrogen-bond donors (Lipinski definition) is 1. The second-order valence-electron chi connectivity index (χ2n) is 5.94. The molecule has 0 bridgehead atoms. The van der Waals surface area contributed by atoms with E-state index in [0.29, 0.717) is 0 Å². The highest BCUT2D eigenvalue weighted by molar-refractivity contribution is 5.85. The number of anilines is 1. The van der Waals surface area contributed by atoms with E-state index in [2.05, 4.69) is 23.0 Å². The Morgan fingerprint density at radius 1 is 1.35 bits per heavy atom. The predicted octanol–water partition coefficient (Wildman–Crippen LogP) is 2.59. The molecule has 2 aromatic rings. The highest BCUT2D eigenvalue weighted by Crippen LogP contribution is 2.29. The van der Waals surface area contributed by atoms with E-state index in [4.69, 9.17) is 10.5 Å². The third kappa shape index (κ3) is 4.61. The quantitative estimate of drug-likeness (QED) is 0.856. The van der Waals surface area contributed by atoms with Crippen molar-refractivity contribution in [3.63, 3.8) is 0 Å². The number of nitrogen functional groups attached to an aromatic ring is 1. The summed E-state index contributed by atoms with van der Waals surface area (Å²) in [5, 5.41) is 4.26. The van der Waals surface area contributed by atoms with E-state index in [1.807, 2.05) is 42.3 Å². The summed E-state index contributed by atoms with van der Waals surface area (Å²) < 4.78 is 7.86. The van der Waals surface area contributed by atoms with Crippen molar-refractivity contribution in [2.45, 2.75) is 19.1 Å². The molecule has 3 rings (SSSR count). The second-order valence-corrected chi connectivity index (χ2v) is 5.94. The summed E-state index contributed by atoms with van der Waals surface area (Å²) in [5.41, 5.74) is 8.74. The van der Waals surface area contributed by atoms with Crippen molar-refractivity contribution in [1.29, 1.82) is 0 Å². The molecule has 0 spiro atoms. The van der Waals surface area contributed by atoms with E-state index in [-0.39, 0.29) is 30.4 Å². The first-order valence-corrected chi connectivity index (χ1v) is 7.25. The molecule has 1 saturated heterocycles. The van der Waals surface area contributed by atoms with Gasteiger partial charge in [0.1, 0.15) is 5.60 Å². The number of ether oxygens (including phenoxy) is 1. The number of hydrogen-bond acceptors (Lipinski definition) is 4. The van der Waals surface area contributed by atoms with Gasteiger partial charge in [-0.05, 0) is 24.6 Å². The Labute approximate surface area is 149 Å². The zero-order valence-electron chi connectivity index (χ0n) is 13.4. The molecule has 0 aliphatic carbocycles. The minimum atomic E-state index is -0.299. The Bertz CT molecular complexity index is 634. The monoisotopic (exact) mass is 358 g/mol. The minimum Gasteiger partial charge on any atom is -0.399 e. The molecule has 1 fully saturated rings. The molecule has 1 atom stereocenters. The molecule has 5 nitrogen and oxygen atoms in total. The molecule has 128 valence electrons. The Morgan fingerprint density at radius 3 is 2.78 bits per heavy atom. The van der Waals surface area contributed by atoms with Gasteiger partial charge in [-0.1, -0.05) is 12.1 Å². The first kappa shape index (κ1) is 19.8. The van der Waals surface area contributed by atoms with Crippen molar-refractivity contribution in [3.8, 4) is 0 Å². The third-order valence-corrected chi connectivity index (χ3v) is 4.03. The number of morpholine rings is 1. The summed E-state index contributed by atoms with van der Waals surface area (Å²) in [6.07, 6.45) is 3.92. The SMILES string of the molecule is Cl.Cl.Cn1cc(C2(C)CN(Cc3cccc(N)c3)CCO2)cn1. The van der Waals surface area contributed by atoms with Gasteiger partial charge in [0, 0.05) is 44.1 Å². The lowest BCUT2D eigenvalue weighted by molar-refractivity contribution is -0.105. The van der Waals surface area contributed by atoms with Crippen LogP contribution in [0.5, 0.6) is 0 Å². The number of nitrogens with two attached hydrogens (primary N) is 1. The predicted molar refractivity (Wildman–Crippen MR) is 97.1 cm³/mol. The number of rotatable bonds is 3. The first-order chi connectivity index (χ1) is 10.0. The largest absolute Gasteiger partial charge is 0.399 e. The van der Waals surface area contributed by atoms with Crippen molar-refractivity contribution < 1.29 is 4.74 Å². The summed E-state index contributed by atoms with van der Waals surface area (Å²) in [6.45, 7) is 5.55. The van der Waals surface area contributed by atoms with Crippen LogP contribution in [-0.2, 0) is 23.9 Å². The van der Waals surface area contributed by atoms with E-state index in [1.165, 1.54) is 5.56 Å². The average molecular weight is 359 g/mol. The van der Waals surface area contributed by atoms with Gasteiger partial charge in [0.05, 0.1) is 12.8 Å². The van der Waals surface area contributed by atoms with Gasteiger partial charge in [-0.25, -0.2) is 0 Å². The molecule has 23 heavy (non-hydrogen) atoms. The third-order valence-electron chi connectivity index (χ3n) is 4.03. The fraction of sp³-hybridized carbons (Fsp3) is 0.438. The molecule has 1 aliphatic heterocycles. The van der Waals surface area contributed by atoms with Gasteiger partial charge in [-0.3, -0.25) is 9.58 Å². The maximum absolute atomic E-state index is 6.04. The normalized spacial score (nSPS) is 21.3. The van der Waals surface area contributed by atoms with Gasteiger partial charge < -0.3 is 10.5 Å². The fourth-order valence-corrected chi connectivity index (χ4v) is 2.90. The molecule has 2 heterocycles. The van der Waals surface area contributed by atoms with Crippen LogP contribution in [0.15, 0.2) is 36.7 Å². The molecular formula is C16H24Cl2N4O. The van der Waals surface area contributed by atoms with Crippen LogP contribution in [0.2, 0.25) is 0 Å². The minimum absolute atomic E-state index is 0. The van der Waals surface area contributed by atoms with Crippen LogP contribution in [-0.4, -0.2) is 34.4 Å². The van der Waals surface area contributed by atoms with Gasteiger partial charge in [0.15, 0.2) is 0 Å². The van der Waals surface area contributed by atoms with Gasteiger partial charge >= 0.3 is 0 Å². The van der Waals surface area contributed by atoms with E-state index in [1.54, 1.807) is 0 Å². The average Bonchev–Trinajstić information content (AvgIpc) is 2.86. The maximum Gasteiger partial charge on any atom is 0.106 e. The lowest BCUT2D eigenvalue weighted by atomic mass is 9.96. The van der Waals surface area contributed by atoms with Gasteiger partial charge in [-0.2, -0.15) is 5.10 Å². The lowest BCUT2D eigenvalue weighted by Crippen LogP contribution is -2.47. The van der Waals surface area contributed by atoms with Gasteiger partial charge in [0.25, 0.3) is 0 Å².